The molecular formula is C18H15F3N2O5. The fourth-order valence-corrected chi connectivity index (χ4v) is 2.65. The molecular weight excluding hydrogens is 381 g/mol. The highest BCUT2D eigenvalue weighted by molar-refractivity contribution is 6.01. The van der Waals surface area contributed by atoms with Crippen LogP contribution >= 0.6 is 0 Å². The van der Waals surface area contributed by atoms with Crippen LogP contribution in [0.3, 0.4) is 0 Å². The van der Waals surface area contributed by atoms with E-state index in [1.54, 1.807) is 0 Å². The van der Waals surface area contributed by atoms with Crippen molar-refractivity contribution < 1.29 is 37.4 Å². The lowest BCUT2D eigenvalue weighted by atomic mass is 10.1. The second kappa shape index (κ2) is 7.77. The number of hydrogen-bond donors (Lipinski definition) is 2. The summed E-state index contributed by atoms with van der Waals surface area (Å²) in [5.41, 5.74) is 1.17. The SMILES string of the molecule is O=C(NO)c1ccc2c(c1)N(CCOc1ccc(C(F)(F)F)cc1)C(=O)CO2. The molecule has 0 saturated heterocycles. The van der Waals surface area contributed by atoms with Gasteiger partial charge in [-0.25, -0.2) is 5.48 Å². The minimum absolute atomic E-state index is 0.00691. The van der Waals surface area contributed by atoms with E-state index in [4.69, 9.17) is 14.7 Å². The third-order valence-corrected chi connectivity index (χ3v) is 4.03. The zero-order valence-corrected chi connectivity index (χ0v) is 14.3. The molecule has 28 heavy (non-hydrogen) atoms. The maximum absolute atomic E-state index is 12.6. The van der Waals surface area contributed by atoms with E-state index in [1.807, 2.05) is 0 Å². The van der Waals surface area contributed by atoms with Crippen molar-refractivity contribution in [3.63, 3.8) is 0 Å². The number of benzene rings is 2. The average Bonchev–Trinajstić information content (AvgIpc) is 2.68. The van der Waals surface area contributed by atoms with Gasteiger partial charge in [-0.15, -0.1) is 0 Å². The number of fused-ring (bicyclic) bond motifs is 1. The van der Waals surface area contributed by atoms with Crippen molar-refractivity contribution in [2.75, 3.05) is 24.7 Å². The first-order valence-corrected chi connectivity index (χ1v) is 8.11. The summed E-state index contributed by atoms with van der Waals surface area (Å²) in [4.78, 5) is 25.1. The number of hydrogen-bond acceptors (Lipinski definition) is 5. The number of halogens is 3. The molecule has 0 radical (unpaired) electrons. The highest BCUT2D eigenvalue weighted by Gasteiger charge is 2.30. The maximum atomic E-state index is 12.6. The topological polar surface area (TPSA) is 88.1 Å². The maximum Gasteiger partial charge on any atom is 0.416 e. The molecule has 0 aliphatic carbocycles. The molecule has 2 aromatic carbocycles. The van der Waals surface area contributed by atoms with Crippen LogP contribution in [0.2, 0.25) is 0 Å². The van der Waals surface area contributed by atoms with Crippen LogP contribution in [0.15, 0.2) is 42.5 Å². The molecule has 2 amide bonds. The third-order valence-electron chi connectivity index (χ3n) is 4.03. The van der Waals surface area contributed by atoms with Gasteiger partial charge in [-0.1, -0.05) is 0 Å². The minimum atomic E-state index is -4.43. The van der Waals surface area contributed by atoms with E-state index in [0.29, 0.717) is 11.4 Å². The molecule has 3 rings (SSSR count). The highest BCUT2D eigenvalue weighted by Crippen LogP contribution is 2.33. The molecule has 0 atom stereocenters. The van der Waals surface area contributed by atoms with Crippen molar-refractivity contribution in [3.05, 3.63) is 53.6 Å². The molecule has 0 spiro atoms. The zero-order chi connectivity index (χ0) is 20.3. The summed E-state index contributed by atoms with van der Waals surface area (Å²) in [5.74, 6) is -0.516. The van der Waals surface area contributed by atoms with Gasteiger partial charge >= 0.3 is 6.18 Å². The summed E-state index contributed by atoms with van der Waals surface area (Å²) < 4.78 is 48.4. The molecule has 0 aromatic heterocycles. The number of nitrogens with one attached hydrogen (secondary N) is 1. The van der Waals surface area contributed by atoms with Gasteiger partial charge in [0, 0.05) is 5.56 Å². The van der Waals surface area contributed by atoms with Crippen molar-refractivity contribution in [2.24, 2.45) is 0 Å². The molecule has 1 aliphatic heterocycles. The average molecular weight is 396 g/mol. The molecule has 148 valence electrons. The first-order valence-electron chi connectivity index (χ1n) is 8.11. The van der Waals surface area contributed by atoms with Crippen molar-refractivity contribution in [1.82, 2.24) is 5.48 Å². The molecule has 10 heteroatoms. The Hall–Kier alpha value is -3.27. The van der Waals surface area contributed by atoms with Crippen LogP contribution in [0.5, 0.6) is 11.5 Å². The lowest BCUT2D eigenvalue weighted by Crippen LogP contribution is -2.41. The molecule has 1 aliphatic rings. The van der Waals surface area contributed by atoms with E-state index in [2.05, 4.69) is 0 Å². The number of anilines is 1. The van der Waals surface area contributed by atoms with Gasteiger partial charge in [-0.3, -0.25) is 14.8 Å². The van der Waals surface area contributed by atoms with Gasteiger partial charge in [0.1, 0.15) is 18.1 Å². The standard InChI is InChI=1S/C18H15F3N2O5/c19-18(20,21)12-2-4-13(5-3-12)27-8-7-23-14-9-11(17(25)22-26)1-6-15(14)28-10-16(23)24/h1-6,9,26H,7-8,10H2,(H,22,25). The number of alkyl halides is 3. The second-order valence-electron chi connectivity index (χ2n) is 5.83. The molecule has 7 nitrogen and oxygen atoms in total. The largest absolute Gasteiger partial charge is 0.492 e. The third kappa shape index (κ3) is 4.17. The smallest absolute Gasteiger partial charge is 0.416 e. The molecule has 2 aromatic rings. The first kappa shape index (κ1) is 19.5. The number of ether oxygens (including phenoxy) is 2. The Morgan fingerprint density at radius 1 is 1.21 bits per heavy atom. The quantitative estimate of drug-likeness (QED) is 0.599. The molecule has 0 bridgehead atoms. The van der Waals surface area contributed by atoms with Gasteiger partial charge in [0.2, 0.25) is 0 Å². The fraction of sp³-hybridized carbons (Fsp3) is 0.222. The monoisotopic (exact) mass is 396 g/mol. The summed E-state index contributed by atoms with van der Waals surface area (Å²) >= 11 is 0. The Balaban J connectivity index is 1.69. The molecule has 2 N–H and O–H groups in total. The van der Waals surface area contributed by atoms with Crippen LogP contribution in [0.1, 0.15) is 15.9 Å². The summed E-state index contributed by atoms with van der Waals surface area (Å²) in [7, 11) is 0. The van der Waals surface area contributed by atoms with Crippen molar-refractivity contribution >= 4 is 17.5 Å². The summed E-state index contributed by atoms with van der Waals surface area (Å²) in [5, 5.41) is 8.75. The van der Waals surface area contributed by atoms with Crippen LogP contribution in [0.4, 0.5) is 18.9 Å². The Morgan fingerprint density at radius 3 is 2.57 bits per heavy atom. The molecule has 1 heterocycles. The Bertz CT molecular complexity index is 884. The molecule has 0 unspecified atom stereocenters. The van der Waals surface area contributed by atoms with E-state index in [-0.39, 0.29) is 37.0 Å². The highest BCUT2D eigenvalue weighted by atomic mass is 19.4. The lowest BCUT2D eigenvalue weighted by molar-refractivity contribution is -0.137. The number of carbonyl (C=O) groups is 2. The van der Waals surface area contributed by atoms with Gasteiger partial charge in [0.05, 0.1) is 17.8 Å². The van der Waals surface area contributed by atoms with Crippen LogP contribution in [0.25, 0.3) is 0 Å². The minimum Gasteiger partial charge on any atom is -0.492 e. The lowest BCUT2D eigenvalue weighted by Gasteiger charge is -2.29. The number of nitrogens with zero attached hydrogens (tertiary/aromatic N) is 1. The van der Waals surface area contributed by atoms with E-state index in [9.17, 15) is 22.8 Å². The predicted octanol–water partition coefficient (Wildman–Crippen LogP) is 2.63. The Morgan fingerprint density at radius 2 is 1.93 bits per heavy atom. The zero-order valence-electron chi connectivity index (χ0n) is 14.3. The summed E-state index contributed by atoms with van der Waals surface area (Å²) in [6, 6.07) is 8.51. The van der Waals surface area contributed by atoms with Crippen LogP contribution < -0.4 is 19.9 Å². The van der Waals surface area contributed by atoms with Crippen molar-refractivity contribution in [3.8, 4) is 11.5 Å². The van der Waals surface area contributed by atoms with Crippen LogP contribution in [-0.4, -0.2) is 36.8 Å². The number of carbonyl (C=O) groups excluding carboxylic acids is 2. The van der Waals surface area contributed by atoms with E-state index in [1.165, 1.54) is 40.7 Å². The van der Waals surface area contributed by atoms with Gasteiger partial charge in [-0.2, -0.15) is 13.2 Å². The van der Waals surface area contributed by atoms with E-state index < -0.39 is 17.6 Å². The van der Waals surface area contributed by atoms with Gasteiger partial charge in [0.15, 0.2) is 6.61 Å². The van der Waals surface area contributed by atoms with E-state index >= 15 is 0 Å². The Labute approximate surface area is 157 Å². The number of amides is 2. The van der Waals surface area contributed by atoms with Gasteiger partial charge < -0.3 is 14.4 Å². The van der Waals surface area contributed by atoms with Crippen molar-refractivity contribution in [1.29, 1.82) is 0 Å². The predicted molar refractivity (Wildman–Crippen MR) is 90.5 cm³/mol. The van der Waals surface area contributed by atoms with Crippen molar-refractivity contribution in [2.45, 2.75) is 6.18 Å². The number of rotatable bonds is 5. The second-order valence-corrected chi connectivity index (χ2v) is 5.83. The van der Waals surface area contributed by atoms with Crippen LogP contribution in [0, 0.1) is 0 Å². The summed E-state index contributed by atoms with van der Waals surface area (Å²) in [6.07, 6.45) is -4.43. The first-order chi connectivity index (χ1) is 13.3. The molecule has 0 fully saturated rings. The van der Waals surface area contributed by atoms with Gasteiger partial charge in [-0.05, 0) is 42.5 Å². The summed E-state index contributed by atoms with van der Waals surface area (Å²) in [6.45, 7) is -0.105. The fourth-order valence-electron chi connectivity index (χ4n) is 2.65. The van der Waals surface area contributed by atoms with Gasteiger partial charge in [0.25, 0.3) is 11.8 Å². The van der Waals surface area contributed by atoms with E-state index in [0.717, 1.165) is 12.1 Å². The Kier molecular flexibility index (Phi) is 5.41. The number of hydroxylamine groups is 1. The molecule has 0 saturated carbocycles. The normalized spacial score (nSPS) is 13.6. The van der Waals surface area contributed by atoms with Crippen LogP contribution in [-0.2, 0) is 11.0 Å².